The summed E-state index contributed by atoms with van der Waals surface area (Å²) in [5.41, 5.74) is 0.461. The van der Waals surface area contributed by atoms with E-state index in [1.54, 1.807) is 0 Å². The van der Waals surface area contributed by atoms with Crippen molar-refractivity contribution in [2.45, 2.75) is 18.8 Å². The van der Waals surface area contributed by atoms with Crippen LogP contribution in [0.25, 0.3) is 0 Å². The molecule has 1 aromatic carbocycles. The summed E-state index contributed by atoms with van der Waals surface area (Å²) >= 11 is 0. The van der Waals surface area contributed by atoms with E-state index in [4.69, 9.17) is 4.74 Å². The van der Waals surface area contributed by atoms with Crippen LogP contribution in [0.1, 0.15) is 16.7 Å². The van der Waals surface area contributed by atoms with Gasteiger partial charge in [-0.05, 0) is 23.8 Å². The molecular formula is C16H10F6N2O. The minimum atomic E-state index is -4.52. The van der Waals surface area contributed by atoms with E-state index in [0.717, 1.165) is 18.3 Å². The van der Waals surface area contributed by atoms with E-state index in [-0.39, 0.29) is 23.4 Å². The van der Waals surface area contributed by atoms with Crippen molar-refractivity contribution in [1.82, 2.24) is 4.98 Å². The summed E-state index contributed by atoms with van der Waals surface area (Å²) in [4.78, 5) is 7.85. The van der Waals surface area contributed by atoms with Crippen LogP contribution in [0.5, 0.6) is 5.75 Å². The molecule has 0 amide bonds. The molecule has 3 rings (SSSR count). The lowest BCUT2D eigenvalue weighted by atomic mass is 10.0. The van der Waals surface area contributed by atoms with Gasteiger partial charge >= 0.3 is 12.4 Å². The van der Waals surface area contributed by atoms with Gasteiger partial charge in [-0.25, -0.2) is 0 Å². The van der Waals surface area contributed by atoms with Gasteiger partial charge in [0.25, 0.3) is 0 Å². The van der Waals surface area contributed by atoms with Gasteiger partial charge in [-0.2, -0.15) is 26.3 Å². The summed E-state index contributed by atoms with van der Waals surface area (Å²) in [5.74, 6) is -0.123. The number of alkyl halides is 6. The van der Waals surface area contributed by atoms with Crippen molar-refractivity contribution in [3.63, 3.8) is 0 Å². The summed E-state index contributed by atoms with van der Waals surface area (Å²) in [6.45, 7) is -1.50. The van der Waals surface area contributed by atoms with Crippen molar-refractivity contribution >= 4 is 11.4 Å². The predicted molar refractivity (Wildman–Crippen MR) is 77.1 cm³/mol. The first kappa shape index (κ1) is 17.2. The number of ether oxygens (including phenoxy) is 1. The molecule has 3 nitrogen and oxygen atoms in total. The highest BCUT2D eigenvalue weighted by atomic mass is 19.4. The number of hydrogen-bond acceptors (Lipinski definition) is 3. The molecule has 0 atom stereocenters. The lowest BCUT2D eigenvalue weighted by Gasteiger charge is -2.12. The van der Waals surface area contributed by atoms with Gasteiger partial charge in [0.2, 0.25) is 0 Å². The molecule has 0 radical (unpaired) electrons. The number of aliphatic imine (C=N–C) groups is 1. The van der Waals surface area contributed by atoms with Crippen molar-refractivity contribution in [3.8, 4) is 5.75 Å². The second-order valence-corrected chi connectivity index (χ2v) is 5.35. The number of nitrogens with zero attached hydrogens (tertiary/aromatic N) is 2. The van der Waals surface area contributed by atoms with Crippen LogP contribution in [0.3, 0.4) is 0 Å². The topological polar surface area (TPSA) is 34.5 Å². The third-order valence-corrected chi connectivity index (χ3v) is 3.51. The monoisotopic (exact) mass is 360 g/mol. The number of hydrogen-bond donors (Lipinski definition) is 0. The Bertz CT molecular complexity index is 826. The number of halogens is 6. The fourth-order valence-electron chi connectivity index (χ4n) is 2.41. The Balaban J connectivity index is 1.90. The third kappa shape index (κ3) is 3.92. The van der Waals surface area contributed by atoms with Gasteiger partial charge in [0.05, 0.1) is 23.2 Å². The van der Waals surface area contributed by atoms with E-state index < -0.39 is 24.5 Å². The predicted octanol–water partition coefficient (Wildman–Crippen LogP) is 4.72. The summed E-state index contributed by atoms with van der Waals surface area (Å²) in [7, 11) is 0. The van der Waals surface area contributed by atoms with E-state index in [0.29, 0.717) is 11.3 Å². The molecular weight excluding hydrogens is 350 g/mol. The number of fused-ring (bicyclic) bond motifs is 1. The quantitative estimate of drug-likeness (QED) is 0.743. The standard InChI is InChI=1S/C16H10F6N2O/c17-15(18,19)8-25-14-7-23-4-3-11(14)13-5-9-1-2-10(16(20,21)22)6-12(9)24-13/h1-4,6-7H,5,8H2. The van der Waals surface area contributed by atoms with E-state index in [2.05, 4.69) is 9.98 Å². The minimum absolute atomic E-state index is 0.123. The maximum Gasteiger partial charge on any atom is 0.422 e. The van der Waals surface area contributed by atoms with Gasteiger partial charge in [0.15, 0.2) is 6.61 Å². The number of pyridine rings is 1. The Morgan fingerprint density at radius 1 is 1.04 bits per heavy atom. The van der Waals surface area contributed by atoms with Crippen LogP contribution < -0.4 is 4.74 Å². The van der Waals surface area contributed by atoms with E-state index >= 15 is 0 Å². The van der Waals surface area contributed by atoms with E-state index in [1.807, 2.05) is 0 Å². The first-order chi connectivity index (χ1) is 11.6. The average molecular weight is 360 g/mol. The molecule has 0 N–H and O–H groups in total. The molecule has 1 aromatic heterocycles. The Morgan fingerprint density at radius 3 is 2.48 bits per heavy atom. The van der Waals surface area contributed by atoms with Gasteiger partial charge < -0.3 is 4.74 Å². The maximum absolute atomic E-state index is 12.8. The maximum atomic E-state index is 12.8. The van der Waals surface area contributed by atoms with Crippen molar-refractivity contribution < 1.29 is 31.1 Å². The molecule has 0 fully saturated rings. The molecule has 132 valence electrons. The number of rotatable bonds is 3. The highest BCUT2D eigenvalue weighted by Crippen LogP contribution is 2.37. The SMILES string of the molecule is FC(F)(F)COc1cnccc1C1=Nc2cc(C(F)(F)F)ccc2C1. The Labute approximate surface area is 138 Å². The van der Waals surface area contributed by atoms with E-state index in [1.165, 1.54) is 18.3 Å². The fourth-order valence-corrected chi connectivity index (χ4v) is 2.41. The zero-order chi connectivity index (χ0) is 18.2. The molecule has 0 spiro atoms. The van der Waals surface area contributed by atoms with Gasteiger partial charge in [-0.3, -0.25) is 9.98 Å². The number of benzene rings is 1. The summed E-state index contributed by atoms with van der Waals surface area (Å²) in [5, 5.41) is 0. The van der Waals surface area contributed by atoms with Crippen molar-refractivity contribution in [2.75, 3.05) is 6.61 Å². The molecule has 0 saturated heterocycles. The summed E-state index contributed by atoms with van der Waals surface area (Å²) in [6.07, 6.45) is -6.35. The number of aromatic nitrogens is 1. The Morgan fingerprint density at radius 2 is 1.80 bits per heavy atom. The summed E-state index contributed by atoms with van der Waals surface area (Å²) < 4.78 is 80.1. The second kappa shape index (κ2) is 6.05. The molecule has 9 heteroatoms. The first-order valence-corrected chi connectivity index (χ1v) is 7.05. The normalized spacial score (nSPS) is 14.2. The molecule has 1 aliphatic heterocycles. The minimum Gasteiger partial charge on any atom is -0.482 e. The van der Waals surface area contributed by atoms with Crippen LogP contribution in [0, 0.1) is 0 Å². The largest absolute Gasteiger partial charge is 0.482 e. The van der Waals surface area contributed by atoms with Gasteiger partial charge in [0, 0.05) is 18.2 Å². The molecule has 2 heterocycles. The average Bonchev–Trinajstić information content (AvgIpc) is 2.94. The Kier molecular flexibility index (Phi) is 4.18. The molecule has 0 aliphatic carbocycles. The van der Waals surface area contributed by atoms with Gasteiger partial charge in [-0.1, -0.05) is 6.07 Å². The van der Waals surface area contributed by atoms with Gasteiger partial charge in [-0.15, -0.1) is 0 Å². The fraction of sp³-hybridized carbons (Fsp3) is 0.250. The van der Waals surface area contributed by atoms with Gasteiger partial charge in [0.1, 0.15) is 5.75 Å². The lowest BCUT2D eigenvalue weighted by molar-refractivity contribution is -0.153. The van der Waals surface area contributed by atoms with Crippen molar-refractivity contribution in [3.05, 3.63) is 53.3 Å². The van der Waals surface area contributed by atoms with Crippen LogP contribution in [0.15, 0.2) is 41.7 Å². The Hall–Kier alpha value is -2.58. The first-order valence-electron chi connectivity index (χ1n) is 7.05. The molecule has 0 saturated carbocycles. The zero-order valence-electron chi connectivity index (χ0n) is 12.4. The zero-order valence-corrected chi connectivity index (χ0v) is 12.4. The highest BCUT2D eigenvalue weighted by Gasteiger charge is 2.32. The molecule has 25 heavy (non-hydrogen) atoms. The van der Waals surface area contributed by atoms with E-state index in [9.17, 15) is 26.3 Å². The van der Waals surface area contributed by atoms with Crippen LogP contribution in [0.2, 0.25) is 0 Å². The smallest absolute Gasteiger partial charge is 0.422 e. The highest BCUT2D eigenvalue weighted by molar-refractivity contribution is 6.08. The van der Waals surface area contributed by atoms with Crippen LogP contribution in [0.4, 0.5) is 32.0 Å². The van der Waals surface area contributed by atoms with Crippen molar-refractivity contribution in [2.24, 2.45) is 4.99 Å². The summed E-state index contributed by atoms with van der Waals surface area (Å²) in [6, 6.07) is 4.60. The molecule has 0 unspecified atom stereocenters. The molecule has 0 bridgehead atoms. The second-order valence-electron chi connectivity index (χ2n) is 5.35. The van der Waals surface area contributed by atoms with Crippen LogP contribution >= 0.6 is 0 Å². The van der Waals surface area contributed by atoms with Crippen molar-refractivity contribution in [1.29, 1.82) is 0 Å². The molecule has 2 aromatic rings. The third-order valence-electron chi connectivity index (χ3n) is 3.51. The molecule has 1 aliphatic rings. The van der Waals surface area contributed by atoms with Crippen LogP contribution in [-0.2, 0) is 12.6 Å². The lowest BCUT2D eigenvalue weighted by Crippen LogP contribution is -2.20. The van der Waals surface area contributed by atoms with Crippen LogP contribution in [-0.4, -0.2) is 23.5 Å².